The summed E-state index contributed by atoms with van der Waals surface area (Å²) in [5.41, 5.74) is 1.51. The van der Waals surface area contributed by atoms with Gasteiger partial charge >= 0.3 is 5.97 Å². The zero-order chi connectivity index (χ0) is 15.9. The zero-order valence-corrected chi connectivity index (χ0v) is 13.5. The van der Waals surface area contributed by atoms with Crippen molar-refractivity contribution < 1.29 is 14.6 Å². The number of rotatable bonds is 9. The fourth-order valence-electron chi connectivity index (χ4n) is 2.50. The van der Waals surface area contributed by atoms with Crippen LogP contribution in [-0.4, -0.2) is 29.8 Å². The number of carboxylic acid groups (broad SMARTS) is 1. The van der Waals surface area contributed by atoms with Crippen LogP contribution in [0.3, 0.4) is 0 Å². The van der Waals surface area contributed by atoms with E-state index in [1.807, 2.05) is 32.9 Å². The highest BCUT2D eigenvalue weighted by Gasteiger charge is 2.34. The molecule has 0 spiro atoms. The van der Waals surface area contributed by atoms with Gasteiger partial charge in [-0.1, -0.05) is 26.0 Å². The maximum absolute atomic E-state index is 11.5. The van der Waals surface area contributed by atoms with Crippen molar-refractivity contribution in [2.45, 2.75) is 52.5 Å². The molecule has 4 heteroatoms. The molecule has 1 rings (SSSR count). The van der Waals surface area contributed by atoms with Crippen LogP contribution >= 0.6 is 0 Å². The molecule has 0 aromatic heterocycles. The van der Waals surface area contributed by atoms with E-state index < -0.39 is 11.5 Å². The second-order valence-electron chi connectivity index (χ2n) is 5.42. The second kappa shape index (κ2) is 8.03. The first-order chi connectivity index (χ1) is 9.96. The van der Waals surface area contributed by atoms with Crippen LogP contribution < -0.4 is 10.1 Å². The summed E-state index contributed by atoms with van der Waals surface area (Å²) in [5.74, 6) is 0.106. The number of carbonyl (C=O) groups is 1. The maximum atomic E-state index is 11.5. The molecule has 0 saturated carbocycles. The van der Waals surface area contributed by atoms with Crippen LogP contribution in [0.4, 0.5) is 0 Å². The number of likely N-dealkylation sites (N-methyl/N-ethyl adjacent to an activating group) is 1. The van der Waals surface area contributed by atoms with Crippen molar-refractivity contribution in [3.05, 3.63) is 29.3 Å². The van der Waals surface area contributed by atoms with Crippen LogP contribution in [0.2, 0.25) is 0 Å². The molecule has 0 aliphatic heterocycles. The topological polar surface area (TPSA) is 58.6 Å². The number of hydrogen-bond acceptors (Lipinski definition) is 3. The van der Waals surface area contributed by atoms with Gasteiger partial charge in [0.1, 0.15) is 11.3 Å². The third kappa shape index (κ3) is 4.46. The van der Waals surface area contributed by atoms with E-state index in [1.54, 1.807) is 0 Å². The predicted octanol–water partition coefficient (Wildman–Crippen LogP) is 3.31. The maximum Gasteiger partial charge on any atom is 0.323 e. The molecule has 118 valence electrons. The van der Waals surface area contributed by atoms with Gasteiger partial charge in [0, 0.05) is 0 Å². The Hall–Kier alpha value is -1.55. The third-order valence-electron chi connectivity index (χ3n) is 4.09. The van der Waals surface area contributed by atoms with Crippen LogP contribution in [-0.2, 0) is 4.79 Å². The lowest BCUT2D eigenvalue weighted by molar-refractivity contribution is -0.145. The summed E-state index contributed by atoms with van der Waals surface area (Å²) in [6, 6.07) is 5.99. The molecule has 4 nitrogen and oxygen atoms in total. The Kier molecular flexibility index (Phi) is 6.69. The molecule has 1 unspecified atom stereocenters. The molecule has 0 bridgehead atoms. The molecule has 0 amide bonds. The summed E-state index contributed by atoms with van der Waals surface area (Å²) in [6.07, 6.45) is 1.84. The van der Waals surface area contributed by atoms with E-state index in [4.69, 9.17) is 4.74 Å². The van der Waals surface area contributed by atoms with Crippen molar-refractivity contribution in [2.75, 3.05) is 13.2 Å². The minimum atomic E-state index is -0.834. The van der Waals surface area contributed by atoms with Gasteiger partial charge in [-0.15, -0.1) is 0 Å². The molecule has 0 aliphatic carbocycles. The second-order valence-corrected chi connectivity index (χ2v) is 5.42. The number of benzene rings is 1. The quantitative estimate of drug-likeness (QED) is 0.686. The largest absolute Gasteiger partial charge is 0.493 e. The molecular weight excluding hydrogens is 266 g/mol. The van der Waals surface area contributed by atoms with Gasteiger partial charge in [-0.3, -0.25) is 4.79 Å². The Morgan fingerprint density at radius 1 is 1.33 bits per heavy atom. The SMILES string of the molecule is CCNC(CC)(CCCOc1cccc(C)c1C)C(=O)O. The van der Waals surface area contributed by atoms with Crippen molar-refractivity contribution in [2.24, 2.45) is 0 Å². The average Bonchev–Trinajstić information content (AvgIpc) is 2.46. The van der Waals surface area contributed by atoms with Gasteiger partial charge in [0.15, 0.2) is 0 Å². The Labute approximate surface area is 127 Å². The minimum absolute atomic E-state index is 0.532. The highest BCUT2D eigenvalue weighted by molar-refractivity contribution is 5.78. The summed E-state index contributed by atoms with van der Waals surface area (Å²) in [7, 11) is 0. The Morgan fingerprint density at radius 3 is 2.62 bits per heavy atom. The van der Waals surface area contributed by atoms with E-state index in [9.17, 15) is 9.90 Å². The van der Waals surface area contributed by atoms with Crippen molar-refractivity contribution in [1.29, 1.82) is 0 Å². The lowest BCUT2D eigenvalue weighted by Crippen LogP contribution is -2.51. The fourth-order valence-corrected chi connectivity index (χ4v) is 2.50. The predicted molar refractivity (Wildman–Crippen MR) is 85.0 cm³/mol. The van der Waals surface area contributed by atoms with Crippen molar-refractivity contribution in [3.8, 4) is 5.75 Å². The Morgan fingerprint density at radius 2 is 2.05 bits per heavy atom. The van der Waals surface area contributed by atoms with E-state index >= 15 is 0 Å². The van der Waals surface area contributed by atoms with Gasteiger partial charge in [0.25, 0.3) is 0 Å². The van der Waals surface area contributed by atoms with Crippen LogP contribution in [0.15, 0.2) is 18.2 Å². The first kappa shape index (κ1) is 17.5. The molecule has 0 heterocycles. The monoisotopic (exact) mass is 293 g/mol. The standard InChI is InChI=1S/C17H27NO3/c1-5-17(16(19)20,18-6-2)11-8-12-21-15-10-7-9-13(3)14(15)4/h7,9-10,18H,5-6,8,11-12H2,1-4H3,(H,19,20). The van der Waals surface area contributed by atoms with Gasteiger partial charge in [-0.05, 0) is 56.8 Å². The van der Waals surface area contributed by atoms with Crippen LogP contribution in [0.5, 0.6) is 5.75 Å². The first-order valence-electron chi connectivity index (χ1n) is 7.64. The van der Waals surface area contributed by atoms with Crippen LogP contribution in [0.25, 0.3) is 0 Å². The third-order valence-corrected chi connectivity index (χ3v) is 4.09. The Bertz CT molecular complexity index is 473. The fraction of sp³-hybridized carbons (Fsp3) is 0.588. The zero-order valence-electron chi connectivity index (χ0n) is 13.5. The Balaban J connectivity index is 2.55. The molecule has 0 aliphatic rings. The van der Waals surface area contributed by atoms with E-state index in [0.717, 1.165) is 11.3 Å². The molecule has 21 heavy (non-hydrogen) atoms. The van der Waals surface area contributed by atoms with E-state index in [0.29, 0.717) is 32.4 Å². The van der Waals surface area contributed by atoms with Crippen molar-refractivity contribution in [1.82, 2.24) is 5.32 Å². The van der Waals surface area contributed by atoms with Crippen LogP contribution in [0.1, 0.15) is 44.2 Å². The molecule has 1 atom stereocenters. The number of aryl methyl sites for hydroxylation is 1. The van der Waals surface area contributed by atoms with Gasteiger partial charge < -0.3 is 15.2 Å². The summed E-state index contributed by atoms with van der Waals surface area (Å²) in [5, 5.41) is 12.6. The van der Waals surface area contributed by atoms with Gasteiger partial charge in [0.05, 0.1) is 6.61 Å². The van der Waals surface area contributed by atoms with Crippen LogP contribution in [0, 0.1) is 13.8 Å². The molecular formula is C17H27NO3. The summed E-state index contributed by atoms with van der Waals surface area (Å²) in [4.78, 5) is 11.5. The number of carboxylic acids is 1. The molecule has 2 N–H and O–H groups in total. The average molecular weight is 293 g/mol. The highest BCUT2D eigenvalue weighted by atomic mass is 16.5. The van der Waals surface area contributed by atoms with E-state index in [-0.39, 0.29) is 0 Å². The number of hydrogen-bond donors (Lipinski definition) is 2. The minimum Gasteiger partial charge on any atom is -0.493 e. The highest BCUT2D eigenvalue weighted by Crippen LogP contribution is 2.22. The lowest BCUT2D eigenvalue weighted by Gasteiger charge is -2.29. The molecule has 1 aromatic rings. The first-order valence-corrected chi connectivity index (χ1v) is 7.64. The molecule has 1 aromatic carbocycles. The lowest BCUT2D eigenvalue weighted by atomic mass is 9.90. The van der Waals surface area contributed by atoms with Gasteiger partial charge in [-0.2, -0.15) is 0 Å². The molecule has 0 saturated heterocycles. The summed E-state index contributed by atoms with van der Waals surface area (Å²) in [6.45, 7) is 9.11. The number of nitrogens with one attached hydrogen (secondary N) is 1. The summed E-state index contributed by atoms with van der Waals surface area (Å²) >= 11 is 0. The molecule has 0 fully saturated rings. The van der Waals surface area contributed by atoms with Gasteiger partial charge in [0.2, 0.25) is 0 Å². The summed E-state index contributed by atoms with van der Waals surface area (Å²) < 4.78 is 5.79. The smallest absolute Gasteiger partial charge is 0.323 e. The van der Waals surface area contributed by atoms with Gasteiger partial charge in [-0.25, -0.2) is 0 Å². The van der Waals surface area contributed by atoms with Crippen molar-refractivity contribution >= 4 is 5.97 Å². The van der Waals surface area contributed by atoms with E-state index in [2.05, 4.69) is 18.3 Å². The molecule has 0 radical (unpaired) electrons. The van der Waals surface area contributed by atoms with E-state index in [1.165, 1.54) is 5.56 Å². The van der Waals surface area contributed by atoms with Crippen molar-refractivity contribution in [3.63, 3.8) is 0 Å². The normalized spacial score (nSPS) is 13.7. The number of ether oxygens (including phenoxy) is 1. The number of aliphatic carboxylic acids is 1.